The molecule has 0 spiro atoms. The molecule has 0 aliphatic rings. The van der Waals surface area contributed by atoms with E-state index in [0.717, 1.165) is 34.0 Å². The molecule has 5 heteroatoms. The SMILES string of the molecule is Cc1ccc(C)c(NC(=O)C[NH+](Cc2ccco2)Cc2cccs2)c1. The fourth-order valence-corrected chi connectivity index (χ4v) is 3.58. The van der Waals surface area contributed by atoms with Gasteiger partial charge in [0.1, 0.15) is 13.1 Å². The summed E-state index contributed by atoms with van der Waals surface area (Å²) >= 11 is 1.72. The number of carbonyl (C=O) groups excluding carboxylic acids is 1. The van der Waals surface area contributed by atoms with E-state index in [1.54, 1.807) is 17.6 Å². The maximum atomic E-state index is 12.6. The molecule has 1 amide bonds. The maximum absolute atomic E-state index is 12.6. The van der Waals surface area contributed by atoms with E-state index >= 15 is 0 Å². The molecule has 0 saturated carbocycles. The van der Waals surface area contributed by atoms with Crippen LogP contribution in [0.15, 0.2) is 58.5 Å². The van der Waals surface area contributed by atoms with Crippen LogP contribution in [0.1, 0.15) is 21.8 Å². The molecule has 1 aromatic carbocycles. The number of thiophene rings is 1. The molecule has 2 N–H and O–H groups in total. The summed E-state index contributed by atoms with van der Waals surface area (Å²) in [5.74, 6) is 0.915. The van der Waals surface area contributed by atoms with Crippen molar-refractivity contribution >= 4 is 22.9 Å². The number of hydrogen-bond donors (Lipinski definition) is 2. The van der Waals surface area contributed by atoms with Gasteiger partial charge in [-0.05, 0) is 54.6 Å². The molecule has 0 bridgehead atoms. The van der Waals surface area contributed by atoms with Crippen molar-refractivity contribution in [3.63, 3.8) is 0 Å². The monoisotopic (exact) mass is 355 g/mol. The van der Waals surface area contributed by atoms with E-state index in [1.165, 1.54) is 4.88 Å². The Balaban J connectivity index is 1.67. The Bertz CT molecular complexity index is 774. The van der Waals surface area contributed by atoms with Gasteiger partial charge in [0.05, 0.1) is 11.1 Å². The summed E-state index contributed by atoms with van der Waals surface area (Å²) in [5, 5.41) is 5.12. The van der Waals surface area contributed by atoms with Crippen LogP contribution in [0.3, 0.4) is 0 Å². The van der Waals surface area contributed by atoms with Crippen LogP contribution >= 0.6 is 11.3 Å². The summed E-state index contributed by atoms with van der Waals surface area (Å²) in [7, 11) is 0. The normalized spacial score (nSPS) is 12.1. The number of rotatable bonds is 7. The minimum atomic E-state index is 0.0202. The third-order valence-electron chi connectivity index (χ3n) is 4.09. The summed E-state index contributed by atoms with van der Waals surface area (Å²) in [6.07, 6.45) is 1.67. The molecule has 0 aliphatic heterocycles. The fraction of sp³-hybridized carbons (Fsp3) is 0.250. The molecule has 0 saturated heterocycles. The summed E-state index contributed by atoms with van der Waals surface area (Å²) < 4.78 is 5.47. The second-order valence-corrected chi connectivity index (χ2v) is 7.34. The van der Waals surface area contributed by atoms with Crippen LogP contribution in [0.25, 0.3) is 0 Å². The van der Waals surface area contributed by atoms with Gasteiger partial charge in [-0.1, -0.05) is 18.2 Å². The minimum Gasteiger partial charge on any atom is -0.463 e. The van der Waals surface area contributed by atoms with Gasteiger partial charge in [-0.15, -0.1) is 11.3 Å². The third kappa shape index (κ3) is 5.05. The van der Waals surface area contributed by atoms with E-state index < -0.39 is 0 Å². The largest absolute Gasteiger partial charge is 0.463 e. The number of hydrogen-bond acceptors (Lipinski definition) is 3. The van der Waals surface area contributed by atoms with E-state index in [2.05, 4.69) is 22.8 Å². The lowest BCUT2D eigenvalue weighted by Gasteiger charge is -2.18. The van der Waals surface area contributed by atoms with Crippen molar-refractivity contribution < 1.29 is 14.1 Å². The number of aryl methyl sites for hydroxylation is 2. The second kappa shape index (κ2) is 8.14. The molecule has 3 aromatic rings. The average Bonchev–Trinajstić information content (AvgIpc) is 3.25. The topological polar surface area (TPSA) is 46.7 Å². The van der Waals surface area contributed by atoms with Crippen LogP contribution in [0.4, 0.5) is 5.69 Å². The van der Waals surface area contributed by atoms with Gasteiger partial charge in [0.25, 0.3) is 5.91 Å². The van der Waals surface area contributed by atoms with Crippen LogP contribution in [-0.2, 0) is 17.9 Å². The van der Waals surface area contributed by atoms with Crippen LogP contribution in [0, 0.1) is 13.8 Å². The number of carbonyl (C=O) groups is 1. The lowest BCUT2D eigenvalue weighted by atomic mass is 10.1. The van der Waals surface area contributed by atoms with Crippen molar-refractivity contribution in [2.24, 2.45) is 0 Å². The maximum Gasteiger partial charge on any atom is 0.279 e. The Hall–Kier alpha value is -2.37. The van der Waals surface area contributed by atoms with E-state index in [0.29, 0.717) is 13.1 Å². The Kier molecular flexibility index (Phi) is 5.68. The molecule has 2 heterocycles. The molecule has 2 aromatic heterocycles. The van der Waals surface area contributed by atoms with Gasteiger partial charge in [-0.25, -0.2) is 0 Å². The fourth-order valence-electron chi connectivity index (χ4n) is 2.80. The standard InChI is InChI=1S/C20H22N2O2S/c1-15-7-8-16(2)19(11-15)21-20(23)14-22(12-17-5-3-9-24-17)13-18-6-4-10-25-18/h3-11H,12-14H2,1-2H3,(H,21,23)/p+1. The Morgan fingerprint density at radius 2 is 2.04 bits per heavy atom. The summed E-state index contributed by atoms with van der Waals surface area (Å²) in [6, 6.07) is 14.1. The molecular formula is C20H23N2O2S+. The lowest BCUT2D eigenvalue weighted by molar-refractivity contribution is -0.920. The Morgan fingerprint density at radius 3 is 2.76 bits per heavy atom. The van der Waals surface area contributed by atoms with Gasteiger partial charge in [-0.3, -0.25) is 4.79 Å². The summed E-state index contributed by atoms with van der Waals surface area (Å²) in [6.45, 7) is 5.92. The Morgan fingerprint density at radius 1 is 1.16 bits per heavy atom. The average molecular weight is 355 g/mol. The summed E-state index contributed by atoms with van der Waals surface area (Å²) in [4.78, 5) is 15.0. The van der Waals surface area contributed by atoms with Gasteiger partial charge >= 0.3 is 0 Å². The molecule has 25 heavy (non-hydrogen) atoms. The highest BCUT2D eigenvalue weighted by atomic mass is 32.1. The first kappa shape index (κ1) is 17.5. The number of nitrogens with one attached hydrogen (secondary N) is 2. The quantitative estimate of drug-likeness (QED) is 0.684. The highest BCUT2D eigenvalue weighted by molar-refractivity contribution is 7.09. The molecule has 0 radical (unpaired) electrons. The van der Waals surface area contributed by atoms with E-state index in [9.17, 15) is 4.79 Å². The molecule has 1 unspecified atom stereocenters. The van der Waals surface area contributed by atoms with Crippen molar-refractivity contribution in [2.45, 2.75) is 26.9 Å². The first-order valence-corrected chi connectivity index (χ1v) is 9.23. The van der Waals surface area contributed by atoms with Gasteiger partial charge in [-0.2, -0.15) is 0 Å². The molecule has 1 atom stereocenters. The smallest absolute Gasteiger partial charge is 0.279 e. The zero-order valence-electron chi connectivity index (χ0n) is 14.5. The first-order valence-electron chi connectivity index (χ1n) is 8.35. The van der Waals surface area contributed by atoms with Crippen molar-refractivity contribution in [2.75, 3.05) is 11.9 Å². The first-order chi connectivity index (χ1) is 12.1. The summed E-state index contributed by atoms with van der Waals surface area (Å²) in [5.41, 5.74) is 3.10. The lowest BCUT2D eigenvalue weighted by Crippen LogP contribution is -3.10. The van der Waals surface area contributed by atoms with Gasteiger partial charge in [0, 0.05) is 5.69 Å². The van der Waals surface area contributed by atoms with Crippen molar-refractivity contribution in [3.05, 3.63) is 75.9 Å². The molecule has 0 aliphatic carbocycles. The number of benzene rings is 1. The van der Waals surface area contributed by atoms with E-state index in [-0.39, 0.29) is 5.91 Å². The van der Waals surface area contributed by atoms with E-state index in [4.69, 9.17) is 4.42 Å². The van der Waals surface area contributed by atoms with Crippen molar-refractivity contribution in [1.29, 1.82) is 0 Å². The van der Waals surface area contributed by atoms with Gasteiger partial charge in [0.15, 0.2) is 12.3 Å². The predicted octanol–water partition coefficient (Wildman–Crippen LogP) is 3.18. The number of anilines is 1. The number of amides is 1. The zero-order chi connectivity index (χ0) is 17.6. The van der Waals surface area contributed by atoms with Crippen molar-refractivity contribution in [1.82, 2.24) is 0 Å². The van der Waals surface area contributed by atoms with Crippen LogP contribution in [0.2, 0.25) is 0 Å². The Labute approximate surface area is 152 Å². The molecule has 0 fully saturated rings. The molecular weight excluding hydrogens is 332 g/mol. The zero-order valence-corrected chi connectivity index (χ0v) is 15.4. The molecule has 130 valence electrons. The van der Waals surface area contributed by atoms with Gasteiger partial charge in [0.2, 0.25) is 0 Å². The van der Waals surface area contributed by atoms with Crippen LogP contribution in [0.5, 0.6) is 0 Å². The van der Waals surface area contributed by atoms with E-state index in [1.807, 2.05) is 44.2 Å². The van der Waals surface area contributed by atoms with Gasteiger partial charge < -0.3 is 14.6 Å². The van der Waals surface area contributed by atoms with Crippen molar-refractivity contribution in [3.8, 4) is 0 Å². The minimum absolute atomic E-state index is 0.0202. The number of quaternary nitrogens is 1. The molecule has 4 nitrogen and oxygen atoms in total. The molecule has 3 rings (SSSR count). The predicted molar refractivity (Wildman–Crippen MR) is 101 cm³/mol. The third-order valence-corrected chi connectivity index (χ3v) is 4.96. The number of furan rings is 1. The van der Waals surface area contributed by atoms with Crippen LogP contribution in [-0.4, -0.2) is 12.5 Å². The highest BCUT2D eigenvalue weighted by Gasteiger charge is 2.18. The highest BCUT2D eigenvalue weighted by Crippen LogP contribution is 2.16. The second-order valence-electron chi connectivity index (χ2n) is 6.31. The van der Waals surface area contributed by atoms with Crippen LogP contribution < -0.4 is 10.2 Å².